The van der Waals surface area contributed by atoms with Crippen LogP contribution in [-0.2, 0) is 6.54 Å². The summed E-state index contributed by atoms with van der Waals surface area (Å²) in [5.74, 6) is -0.187. The smallest absolute Gasteiger partial charge is 0.123 e. The predicted octanol–water partition coefficient (Wildman–Crippen LogP) is 0.681. The van der Waals surface area contributed by atoms with Crippen LogP contribution in [0, 0.1) is 12.9 Å². The van der Waals surface area contributed by atoms with Crippen LogP contribution in [0.5, 0.6) is 0 Å². The van der Waals surface area contributed by atoms with Crippen molar-refractivity contribution in [2.75, 3.05) is 0 Å². The third-order valence-electron chi connectivity index (χ3n) is 1.29. The van der Waals surface area contributed by atoms with Gasteiger partial charge in [0.15, 0.2) is 0 Å². The predicted molar refractivity (Wildman–Crippen MR) is 37.4 cm³/mol. The fourth-order valence-electron chi connectivity index (χ4n) is 0.787. The minimum atomic E-state index is -0.187. The molecule has 0 aliphatic heterocycles. The van der Waals surface area contributed by atoms with Gasteiger partial charge in [-0.05, 0) is 12.1 Å². The molecule has 1 aromatic rings. The first kappa shape index (κ1) is 7.22. The number of hydrogen-bond acceptors (Lipinski definition) is 0. The van der Waals surface area contributed by atoms with E-state index in [9.17, 15) is 4.39 Å². The summed E-state index contributed by atoms with van der Waals surface area (Å²) in [6, 6.07) is 6.44. The summed E-state index contributed by atoms with van der Waals surface area (Å²) in [5, 5.41) is 1.80. The van der Waals surface area contributed by atoms with Crippen LogP contribution in [-0.4, -0.2) is 0 Å². The van der Waals surface area contributed by atoms with Gasteiger partial charge >= 0.3 is 0 Å². The molecule has 0 amide bonds. The zero-order valence-electron chi connectivity index (χ0n) is 5.68. The van der Waals surface area contributed by atoms with Crippen LogP contribution in [0.1, 0.15) is 5.56 Å². The van der Waals surface area contributed by atoms with Crippen molar-refractivity contribution in [1.29, 1.82) is 0 Å². The molecule has 1 nitrogen and oxygen atoms in total. The first-order valence-electron chi connectivity index (χ1n) is 3.18. The second kappa shape index (κ2) is 3.32. The second-order valence-corrected chi connectivity index (χ2v) is 2.12. The highest BCUT2D eigenvalue weighted by molar-refractivity contribution is 5.14. The van der Waals surface area contributed by atoms with Crippen molar-refractivity contribution in [3.8, 4) is 0 Å². The molecular formula is C8H10FN. The normalized spacial score (nSPS) is 9.80. The van der Waals surface area contributed by atoms with Gasteiger partial charge in [-0.25, -0.2) is 4.39 Å². The molecule has 1 rings (SSSR count). The van der Waals surface area contributed by atoms with E-state index in [2.05, 4.69) is 7.05 Å². The van der Waals surface area contributed by atoms with E-state index in [1.54, 1.807) is 17.4 Å². The fourth-order valence-corrected chi connectivity index (χ4v) is 0.787. The van der Waals surface area contributed by atoms with Crippen molar-refractivity contribution in [3.63, 3.8) is 0 Å². The van der Waals surface area contributed by atoms with Crippen LogP contribution in [0.3, 0.4) is 0 Å². The van der Waals surface area contributed by atoms with Gasteiger partial charge in [0, 0.05) is 5.56 Å². The van der Waals surface area contributed by atoms with Gasteiger partial charge in [-0.3, -0.25) is 0 Å². The van der Waals surface area contributed by atoms with Crippen molar-refractivity contribution < 1.29 is 9.71 Å². The zero-order chi connectivity index (χ0) is 7.40. The fraction of sp³-hybridized carbons (Fsp3) is 0.125. The third kappa shape index (κ3) is 1.81. The Hall–Kier alpha value is -0.890. The Morgan fingerprint density at radius 3 is 2.40 bits per heavy atom. The van der Waals surface area contributed by atoms with Crippen LogP contribution in [0.4, 0.5) is 4.39 Å². The van der Waals surface area contributed by atoms with Crippen molar-refractivity contribution in [2.45, 2.75) is 6.54 Å². The molecule has 0 fully saturated rings. The lowest BCUT2D eigenvalue weighted by Crippen LogP contribution is -2.74. The van der Waals surface area contributed by atoms with E-state index in [0.717, 1.165) is 12.1 Å². The topological polar surface area (TPSA) is 16.6 Å². The largest absolute Gasteiger partial charge is 0.475 e. The molecular weight excluding hydrogens is 129 g/mol. The van der Waals surface area contributed by atoms with E-state index in [-0.39, 0.29) is 5.82 Å². The molecule has 54 valence electrons. The Balaban J connectivity index is 2.69. The highest BCUT2D eigenvalue weighted by Gasteiger charge is 1.90. The molecule has 0 aliphatic carbocycles. The lowest BCUT2D eigenvalue weighted by atomic mass is 10.2. The summed E-state index contributed by atoms with van der Waals surface area (Å²) in [6.45, 7) is 0.806. The van der Waals surface area contributed by atoms with Crippen LogP contribution < -0.4 is 5.32 Å². The molecule has 1 aromatic carbocycles. The van der Waals surface area contributed by atoms with E-state index in [1.807, 2.05) is 0 Å². The van der Waals surface area contributed by atoms with Crippen molar-refractivity contribution in [1.82, 2.24) is 0 Å². The first-order valence-corrected chi connectivity index (χ1v) is 3.18. The van der Waals surface area contributed by atoms with Crippen molar-refractivity contribution in [3.05, 3.63) is 42.7 Å². The maximum absolute atomic E-state index is 12.3. The Morgan fingerprint density at radius 1 is 1.30 bits per heavy atom. The molecule has 0 aliphatic rings. The van der Waals surface area contributed by atoms with Crippen molar-refractivity contribution >= 4 is 0 Å². The molecule has 0 bridgehead atoms. The highest BCUT2D eigenvalue weighted by Crippen LogP contribution is 1.99. The van der Waals surface area contributed by atoms with E-state index in [4.69, 9.17) is 0 Å². The van der Waals surface area contributed by atoms with Crippen molar-refractivity contribution in [2.24, 2.45) is 0 Å². The third-order valence-corrected chi connectivity index (χ3v) is 1.29. The van der Waals surface area contributed by atoms with E-state index >= 15 is 0 Å². The van der Waals surface area contributed by atoms with Crippen LogP contribution in [0.2, 0.25) is 0 Å². The van der Waals surface area contributed by atoms with Gasteiger partial charge in [-0.2, -0.15) is 7.05 Å². The number of rotatable bonds is 2. The number of halogens is 1. The molecule has 0 aromatic heterocycles. The summed E-state index contributed by atoms with van der Waals surface area (Å²) in [6.07, 6.45) is 0. The van der Waals surface area contributed by atoms with Gasteiger partial charge in [0.25, 0.3) is 0 Å². The molecule has 0 heterocycles. The Bertz CT molecular complexity index is 193. The molecule has 0 saturated heterocycles. The molecule has 0 saturated carbocycles. The zero-order valence-corrected chi connectivity index (χ0v) is 5.68. The van der Waals surface area contributed by atoms with Crippen LogP contribution >= 0.6 is 0 Å². The van der Waals surface area contributed by atoms with E-state index in [1.165, 1.54) is 12.1 Å². The minimum absolute atomic E-state index is 0.187. The van der Waals surface area contributed by atoms with Gasteiger partial charge < -0.3 is 5.32 Å². The monoisotopic (exact) mass is 139 g/mol. The maximum atomic E-state index is 12.3. The standard InChI is InChI=1S/C8H10FN/c1-10-6-7-2-4-8(9)5-3-7/h2-5H,1,6,10H2. The summed E-state index contributed by atoms with van der Waals surface area (Å²) in [5.41, 5.74) is 1.09. The summed E-state index contributed by atoms with van der Waals surface area (Å²) in [4.78, 5) is 0. The van der Waals surface area contributed by atoms with Gasteiger partial charge in [0.1, 0.15) is 5.82 Å². The lowest BCUT2D eigenvalue weighted by molar-refractivity contribution is -0.612. The molecule has 10 heavy (non-hydrogen) atoms. The van der Waals surface area contributed by atoms with Gasteiger partial charge in [-0.1, -0.05) is 12.1 Å². The maximum Gasteiger partial charge on any atom is 0.123 e. The molecule has 0 unspecified atom stereocenters. The number of nitrogens with two attached hydrogens (primary N) is 1. The quantitative estimate of drug-likeness (QED) is 0.580. The van der Waals surface area contributed by atoms with Gasteiger partial charge in [0.2, 0.25) is 0 Å². The molecule has 2 N–H and O–H groups in total. The van der Waals surface area contributed by atoms with E-state index < -0.39 is 0 Å². The first-order chi connectivity index (χ1) is 4.83. The molecule has 0 radical (unpaired) electrons. The number of quaternary nitrogens is 1. The minimum Gasteiger partial charge on any atom is -0.475 e. The average molecular weight is 139 g/mol. The Kier molecular flexibility index (Phi) is 2.40. The average Bonchev–Trinajstić information content (AvgIpc) is 1.95. The van der Waals surface area contributed by atoms with Gasteiger partial charge in [-0.15, -0.1) is 0 Å². The molecule has 0 spiro atoms. The summed E-state index contributed by atoms with van der Waals surface area (Å²) in [7, 11) is 3.58. The van der Waals surface area contributed by atoms with Gasteiger partial charge in [0.05, 0.1) is 6.54 Å². The number of hydrogen-bond donors (Lipinski definition) is 1. The van der Waals surface area contributed by atoms with Crippen LogP contribution in [0.15, 0.2) is 24.3 Å². The Labute approximate surface area is 59.9 Å². The molecule has 2 heteroatoms. The Morgan fingerprint density at radius 2 is 1.90 bits per heavy atom. The van der Waals surface area contributed by atoms with E-state index in [0.29, 0.717) is 0 Å². The van der Waals surface area contributed by atoms with Crippen LogP contribution in [0.25, 0.3) is 0 Å². The highest BCUT2D eigenvalue weighted by atomic mass is 19.1. The SMILES string of the molecule is [CH2-][NH2+]Cc1ccc(F)cc1. The lowest BCUT2D eigenvalue weighted by Gasteiger charge is -1.98. The summed E-state index contributed by atoms with van der Waals surface area (Å²) >= 11 is 0. The second-order valence-electron chi connectivity index (χ2n) is 2.12. The summed E-state index contributed by atoms with van der Waals surface area (Å²) < 4.78 is 12.3. The molecule has 0 atom stereocenters. The number of benzene rings is 1.